The first kappa shape index (κ1) is 14.7. The Morgan fingerprint density at radius 2 is 2.05 bits per heavy atom. The number of hydrogen-bond acceptors (Lipinski definition) is 4. The lowest BCUT2D eigenvalue weighted by atomic mass is 10.2. The lowest BCUT2D eigenvalue weighted by Gasteiger charge is -2.07. The van der Waals surface area contributed by atoms with E-state index < -0.39 is 10.8 Å². The molecule has 1 unspecified atom stereocenters. The molecule has 0 aliphatic rings. The number of nitrogens with one attached hydrogen (secondary N) is 1. The SMILES string of the molecule is Nc1ccccc1NC(=O)CCCS(=O)c1cccs1. The van der Waals surface area contributed by atoms with Crippen LogP contribution in [0.4, 0.5) is 11.4 Å². The molecule has 4 nitrogen and oxygen atoms in total. The molecule has 0 bridgehead atoms. The minimum atomic E-state index is -1.01. The van der Waals surface area contributed by atoms with Gasteiger partial charge in [0.05, 0.1) is 26.4 Å². The molecule has 0 aliphatic heterocycles. The number of hydrogen-bond donors (Lipinski definition) is 2. The van der Waals surface area contributed by atoms with Crippen molar-refractivity contribution in [3.05, 3.63) is 41.8 Å². The first-order chi connectivity index (χ1) is 9.66. The minimum Gasteiger partial charge on any atom is -0.397 e. The summed E-state index contributed by atoms with van der Waals surface area (Å²) in [6, 6.07) is 10.9. The summed E-state index contributed by atoms with van der Waals surface area (Å²) in [4.78, 5) is 11.8. The highest BCUT2D eigenvalue weighted by Gasteiger charge is 2.08. The first-order valence-electron chi connectivity index (χ1n) is 6.23. The monoisotopic (exact) mass is 308 g/mol. The van der Waals surface area contributed by atoms with E-state index in [1.54, 1.807) is 12.1 Å². The van der Waals surface area contributed by atoms with Crippen molar-refractivity contribution in [3.63, 3.8) is 0 Å². The fourth-order valence-corrected chi connectivity index (χ4v) is 3.81. The van der Waals surface area contributed by atoms with Gasteiger partial charge in [-0.15, -0.1) is 11.3 Å². The van der Waals surface area contributed by atoms with Gasteiger partial charge in [0.2, 0.25) is 5.91 Å². The fraction of sp³-hybridized carbons (Fsp3) is 0.214. The van der Waals surface area contributed by atoms with Crippen molar-refractivity contribution in [1.29, 1.82) is 0 Å². The van der Waals surface area contributed by atoms with Gasteiger partial charge < -0.3 is 11.1 Å². The van der Waals surface area contributed by atoms with Crippen LogP contribution in [-0.2, 0) is 15.6 Å². The van der Waals surface area contributed by atoms with Crippen LogP contribution in [-0.4, -0.2) is 15.9 Å². The van der Waals surface area contributed by atoms with E-state index in [1.807, 2.05) is 29.6 Å². The lowest BCUT2D eigenvalue weighted by Crippen LogP contribution is -2.13. The predicted molar refractivity (Wildman–Crippen MR) is 84.3 cm³/mol. The van der Waals surface area contributed by atoms with Crippen LogP contribution >= 0.6 is 11.3 Å². The quantitative estimate of drug-likeness (QED) is 0.806. The molecule has 1 aromatic carbocycles. The van der Waals surface area contributed by atoms with Crippen LogP contribution in [0.15, 0.2) is 46.0 Å². The summed E-state index contributed by atoms with van der Waals surface area (Å²) in [7, 11) is -1.01. The average Bonchev–Trinajstić information content (AvgIpc) is 2.95. The van der Waals surface area contributed by atoms with E-state index in [0.717, 1.165) is 4.21 Å². The van der Waals surface area contributed by atoms with E-state index in [1.165, 1.54) is 11.3 Å². The van der Waals surface area contributed by atoms with Gasteiger partial charge in [-0.2, -0.15) is 0 Å². The maximum atomic E-state index is 11.9. The van der Waals surface area contributed by atoms with E-state index in [9.17, 15) is 9.00 Å². The number of benzene rings is 1. The average molecular weight is 308 g/mol. The number of nitrogen functional groups attached to an aromatic ring is 1. The number of amides is 1. The Balaban J connectivity index is 1.76. The van der Waals surface area contributed by atoms with Gasteiger partial charge in [0.1, 0.15) is 0 Å². The summed E-state index contributed by atoms with van der Waals surface area (Å²) in [5, 5.41) is 4.66. The smallest absolute Gasteiger partial charge is 0.224 e. The van der Waals surface area contributed by atoms with Crippen LogP contribution < -0.4 is 11.1 Å². The van der Waals surface area contributed by atoms with E-state index in [4.69, 9.17) is 5.73 Å². The molecule has 1 amide bonds. The van der Waals surface area contributed by atoms with E-state index >= 15 is 0 Å². The normalized spacial score (nSPS) is 12.0. The van der Waals surface area contributed by atoms with Gasteiger partial charge >= 0.3 is 0 Å². The molecule has 6 heteroatoms. The second-order valence-electron chi connectivity index (χ2n) is 4.22. The third-order valence-corrected chi connectivity index (χ3v) is 5.44. The van der Waals surface area contributed by atoms with Gasteiger partial charge in [-0.1, -0.05) is 18.2 Å². The summed E-state index contributed by atoms with van der Waals surface area (Å²) >= 11 is 1.48. The summed E-state index contributed by atoms with van der Waals surface area (Å²) in [6.07, 6.45) is 0.925. The van der Waals surface area contributed by atoms with Gasteiger partial charge in [-0.3, -0.25) is 9.00 Å². The molecule has 0 radical (unpaired) electrons. The van der Waals surface area contributed by atoms with Gasteiger partial charge in [0, 0.05) is 12.2 Å². The highest BCUT2D eigenvalue weighted by atomic mass is 32.2. The summed E-state index contributed by atoms with van der Waals surface area (Å²) in [5.74, 6) is 0.393. The van der Waals surface area contributed by atoms with Crippen LogP contribution in [0.2, 0.25) is 0 Å². The molecule has 0 spiro atoms. The largest absolute Gasteiger partial charge is 0.397 e. The van der Waals surface area contributed by atoms with Crippen molar-refractivity contribution in [3.8, 4) is 0 Å². The van der Waals surface area contributed by atoms with Gasteiger partial charge in [-0.05, 0) is 30.0 Å². The van der Waals surface area contributed by atoms with Crippen molar-refractivity contribution < 1.29 is 9.00 Å². The maximum Gasteiger partial charge on any atom is 0.224 e. The van der Waals surface area contributed by atoms with Gasteiger partial charge in [-0.25, -0.2) is 0 Å². The van der Waals surface area contributed by atoms with Crippen LogP contribution in [0.5, 0.6) is 0 Å². The van der Waals surface area contributed by atoms with Crippen molar-refractivity contribution in [1.82, 2.24) is 0 Å². The molecule has 1 aromatic heterocycles. The molecule has 2 aromatic rings. The van der Waals surface area contributed by atoms with Crippen molar-refractivity contribution >= 4 is 39.4 Å². The molecule has 0 saturated heterocycles. The molecular weight excluding hydrogens is 292 g/mol. The Bertz CT molecular complexity index is 597. The highest BCUT2D eigenvalue weighted by molar-refractivity contribution is 7.87. The molecule has 3 N–H and O–H groups in total. The standard InChI is InChI=1S/C14H16N2O2S2/c15-11-5-1-2-6-12(11)16-13(17)7-4-10-20(18)14-8-3-9-19-14/h1-3,5-6,8-9H,4,7,10,15H2,(H,16,17). The molecule has 1 heterocycles. The molecular formula is C14H16N2O2S2. The third-order valence-electron chi connectivity index (χ3n) is 2.69. The second-order valence-corrected chi connectivity index (χ2v) is 6.97. The number of carbonyl (C=O) groups excluding carboxylic acids is 1. The zero-order valence-electron chi connectivity index (χ0n) is 10.9. The van der Waals surface area contributed by atoms with E-state index in [0.29, 0.717) is 30.0 Å². The number of rotatable bonds is 6. The fourth-order valence-electron chi connectivity index (χ4n) is 1.68. The highest BCUT2D eigenvalue weighted by Crippen LogP contribution is 2.18. The van der Waals surface area contributed by atoms with E-state index in [2.05, 4.69) is 5.32 Å². The topological polar surface area (TPSA) is 72.2 Å². The Hall–Kier alpha value is -1.66. The molecule has 2 rings (SSSR count). The second kappa shape index (κ2) is 7.21. The molecule has 0 fully saturated rings. The van der Waals surface area contributed by atoms with Crippen molar-refractivity contribution in [2.75, 3.05) is 16.8 Å². The van der Waals surface area contributed by atoms with Crippen LogP contribution in [0.1, 0.15) is 12.8 Å². The molecule has 106 valence electrons. The third kappa shape index (κ3) is 4.18. The molecule has 1 atom stereocenters. The maximum absolute atomic E-state index is 11.9. The first-order valence-corrected chi connectivity index (χ1v) is 8.43. The molecule has 0 aliphatic carbocycles. The van der Waals surface area contributed by atoms with Gasteiger partial charge in [0.25, 0.3) is 0 Å². The number of carbonyl (C=O) groups is 1. The van der Waals surface area contributed by atoms with Crippen LogP contribution in [0.3, 0.4) is 0 Å². The molecule has 0 saturated carbocycles. The number of anilines is 2. The number of para-hydroxylation sites is 2. The van der Waals surface area contributed by atoms with E-state index in [-0.39, 0.29) is 5.91 Å². The number of thiophene rings is 1. The summed E-state index contributed by atoms with van der Waals surface area (Å²) in [5.41, 5.74) is 6.91. The van der Waals surface area contributed by atoms with Crippen molar-refractivity contribution in [2.24, 2.45) is 0 Å². The zero-order valence-corrected chi connectivity index (χ0v) is 12.5. The molecule has 20 heavy (non-hydrogen) atoms. The number of nitrogens with two attached hydrogens (primary N) is 1. The Morgan fingerprint density at radius 1 is 1.25 bits per heavy atom. The Morgan fingerprint density at radius 3 is 2.75 bits per heavy atom. The Labute approximate surface area is 124 Å². The van der Waals surface area contributed by atoms with Crippen LogP contribution in [0.25, 0.3) is 0 Å². The van der Waals surface area contributed by atoms with Crippen molar-refractivity contribution in [2.45, 2.75) is 17.1 Å². The summed E-state index contributed by atoms with van der Waals surface area (Å²) < 4.78 is 12.7. The minimum absolute atomic E-state index is 0.105. The van der Waals surface area contributed by atoms with Gasteiger partial charge in [0.15, 0.2) is 0 Å². The summed E-state index contributed by atoms with van der Waals surface area (Å²) in [6.45, 7) is 0. The lowest BCUT2D eigenvalue weighted by molar-refractivity contribution is -0.116. The zero-order chi connectivity index (χ0) is 14.4. The van der Waals surface area contributed by atoms with Crippen LogP contribution in [0, 0.1) is 0 Å². The predicted octanol–water partition coefficient (Wildman–Crippen LogP) is 2.86. The Kier molecular flexibility index (Phi) is 5.31.